The van der Waals surface area contributed by atoms with Crippen molar-refractivity contribution < 1.29 is 9.53 Å². The van der Waals surface area contributed by atoms with Crippen LogP contribution in [0.3, 0.4) is 0 Å². The molecule has 0 amide bonds. The van der Waals surface area contributed by atoms with Crippen molar-refractivity contribution >= 4 is 5.97 Å². The largest absolute Gasteiger partial charge is 0.469 e. The third kappa shape index (κ3) is 3.32. The maximum atomic E-state index is 11.1. The zero-order chi connectivity index (χ0) is 11.3. The number of carbonyl (C=O) groups is 1. The number of methoxy groups -OCH3 is 1. The van der Waals surface area contributed by atoms with Crippen LogP contribution < -0.4 is 5.32 Å². The van der Waals surface area contributed by atoms with E-state index in [0.29, 0.717) is 13.1 Å². The Labute approximate surface area is 88.6 Å². The monoisotopic (exact) mass is 212 g/mol. The Morgan fingerprint density at radius 1 is 1.73 bits per heavy atom. The van der Waals surface area contributed by atoms with E-state index in [4.69, 9.17) is 0 Å². The van der Waals surface area contributed by atoms with Gasteiger partial charge in [-0.3, -0.25) is 4.79 Å². The molecule has 1 N–H and O–H groups in total. The van der Waals surface area contributed by atoms with Crippen molar-refractivity contribution in [1.29, 1.82) is 0 Å². The molecule has 6 nitrogen and oxygen atoms in total. The van der Waals surface area contributed by atoms with Crippen LogP contribution in [0.25, 0.3) is 0 Å². The van der Waals surface area contributed by atoms with Crippen molar-refractivity contribution in [2.24, 2.45) is 13.0 Å². The van der Waals surface area contributed by atoms with Gasteiger partial charge < -0.3 is 14.6 Å². The van der Waals surface area contributed by atoms with Crippen LogP contribution in [-0.4, -0.2) is 34.4 Å². The van der Waals surface area contributed by atoms with E-state index in [1.807, 2.05) is 18.5 Å². The minimum absolute atomic E-state index is 0.150. The first-order valence-corrected chi connectivity index (χ1v) is 4.76. The van der Waals surface area contributed by atoms with E-state index in [1.54, 1.807) is 6.33 Å². The Hall–Kier alpha value is -1.43. The van der Waals surface area contributed by atoms with Crippen LogP contribution in [0.2, 0.25) is 0 Å². The van der Waals surface area contributed by atoms with E-state index >= 15 is 0 Å². The van der Waals surface area contributed by atoms with Gasteiger partial charge in [-0.1, -0.05) is 6.92 Å². The zero-order valence-corrected chi connectivity index (χ0v) is 9.23. The molecule has 0 radical (unpaired) electrons. The minimum Gasteiger partial charge on any atom is -0.469 e. The Kier molecular flexibility index (Phi) is 4.23. The molecule has 0 aromatic carbocycles. The zero-order valence-electron chi connectivity index (χ0n) is 9.23. The summed E-state index contributed by atoms with van der Waals surface area (Å²) in [6, 6.07) is 0. The van der Waals surface area contributed by atoms with Gasteiger partial charge in [0.1, 0.15) is 12.2 Å². The number of nitrogens with one attached hydrogen (secondary N) is 1. The topological polar surface area (TPSA) is 69.0 Å². The van der Waals surface area contributed by atoms with Gasteiger partial charge in [-0.05, 0) is 0 Å². The van der Waals surface area contributed by atoms with Gasteiger partial charge in [0.15, 0.2) is 0 Å². The molecular formula is C9H16N4O2. The lowest BCUT2D eigenvalue weighted by molar-refractivity contribution is -0.144. The summed E-state index contributed by atoms with van der Waals surface area (Å²) in [5.74, 6) is 0.482. The summed E-state index contributed by atoms with van der Waals surface area (Å²) in [6.45, 7) is 2.98. The van der Waals surface area contributed by atoms with Gasteiger partial charge in [0.2, 0.25) is 0 Å². The third-order valence-electron chi connectivity index (χ3n) is 2.14. The standard InChI is InChI=1S/C9H16N4O2/c1-7(9(14)15-3)4-10-5-8-12-11-6-13(8)2/h6-7,10H,4-5H2,1-3H3. The van der Waals surface area contributed by atoms with Crippen LogP contribution in [0.5, 0.6) is 0 Å². The average molecular weight is 212 g/mol. The van der Waals surface area contributed by atoms with Crippen LogP contribution in [-0.2, 0) is 23.1 Å². The second kappa shape index (κ2) is 5.45. The molecule has 1 aromatic heterocycles. The van der Waals surface area contributed by atoms with Crippen molar-refractivity contribution in [3.05, 3.63) is 12.2 Å². The highest BCUT2D eigenvalue weighted by Gasteiger charge is 2.12. The van der Waals surface area contributed by atoms with Crippen LogP contribution in [0.1, 0.15) is 12.7 Å². The summed E-state index contributed by atoms with van der Waals surface area (Å²) < 4.78 is 6.44. The SMILES string of the molecule is COC(=O)C(C)CNCc1nncn1C. The van der Waals surface area contributed by atoms with Gasteiger partial charge in [0, 0.05) is 13.6 Å². The molecule has 1 heterocycles. The first-order chi connectivity index (χ1) is 7.15. The van der Waals surface area contributed by atoms with Gasteiger partial charge in [0.05, 0.1) is 19.6 Å². The van der Waals surface area contributed by atoms with Crippen molar-refractivity contribution in [3.8, 4) is 0 Å². The molecule has 15 heavy (non-hydrogen) atoms. The molecule has 0 aliphatic carbocycles. The first-order valence-electron chi connectivity index (χ1n) is 4.76. The quantitative estimate of drug-likeness (QED) is 0.679. The Morgan fingerprint density at radius 2 is 2.47 bits per heavy atom. The summed E-state index contributed by atoms with van der Waals surface area (Å²) in [5, 5.41) is 10.8. The van der Waals surface area contributed by atoms with Crippen LogP contribution in [0.4, 0.5) is 0 Å². The third-order valence-corrected chi connectivity index (χ3v) is 2.14. The fourth-order valence-corrected chi connectivity index (χ4v) is 1.15. The second-order valence-corrected chi connectivity index (χ2v) is 3.41. The molecule has 1 rings (SSSR count). The van der Waals surface area contributed by atoms with Gasteiger partial charge in [-0.25, -0.2) is 0 Å². The predicted molar refractivity (Wildman–Crippen MR) is 53.9 cm³/mol. The molecule has 0 spiro atoms. The Bertz CT molecular complexity index is 324. The maximum absolute atomic E-state index is 11.1. The Morgan fingerprint density at radius 3 is 3.00 bits per heavy atom. The number of hydrogen-bond acceptors (Lipinski definition) is 5. The van der Waals surface area contributed by atoms with E-state index in [9.17, 15) is 4.79 Å². The molecule has 0 aliphatic heterocycles. The summed E-state index contributed by atoms with van der Waals surface area (Å²) in [6.07, 6.45) is 1.64. The smallest absolute Gasteiger partial charge is 0.309 e. The van der Waals surface area contributed by atoms with Crippen molar-refractivity contribution in [2.45, 2.75) is 13.5 Å². The number of esters is 1. The van der Waals surface area contributed by atoms with Gasteiger partial charge in [-0.15, -0.1) is 10.2 Å². The second-order valence-electron chi connectivity index (χ2n) is 3.41. The summed E-state index contributed by atoms with van der Waals surface area (Å²) in [4.78, 5) is 11.1. The number of aryl methyl sites for hydroxylation is 1. The fraction of sp³-hybridized carbons (Fsp3) is 0.667. The molecule has 0 bridgehead atoms. The van der Waals surface area contributed by atoms with E-state index in [1.165, 1.54) is 7.11 Å². The first kappa shape index (κ1) is 11.6. The number of carbonyl (C=O) groups excluding carboxylic acids is 1. The molecule has 0 saturated heterocycles. The number of ether oxygens (including phenoxy) is 1. The van der Waals surface area contributed by atoms with Crippen LogP contribution >= 0.6 is 0 Å². The molecule has 84 valence electrons. The predicted octanol–water partition coefficient (Wildman–Crippen LogP) is -0.286. The molecular weight excluding hydrogens is 196 g/mol. The van der Waals surface area contributed by atoms with Crippen molar-refractivity contribution in [2.75, 3.05) is 13.7 Å². The highest BCUT2D eigenvalue weighted by atomic mass is 16.5. The van der Waals surface area contributed by atoms with Crippen molar-refractivity contribution in [3.63, 3.8) is 0 Å². The summed E-state index contributed by atoms with van der Waals surface area (Å²) in [7, 11) is 3.27. The number of nitrogens with zero attached hydrogens (tertiary/aromatic N) is 3. The molecule has 1 aromatic rings. The molecule has 6 heteroatoms. The van der Waals surface area contributed by atoms with Crippen LogP contribution in [0.15, 0.2) is 6.33 Å². The lowest BCUT2D eigenvalue weighted by Crippen LogP contribution is -2.27. The molecule has 1 atom stereocenters. The van der Waals surface area contributed by atoms with E-state index in [2.05, 4.69) is 20.3 Å². The fourth-order valence-electron chi connectivity index (χ4n) is 1.15. The van der Waals surface area contributed by atoms with E-state index < -0.39 is 0 Å². The number of rotatable bonds is 5. The summed E-state index contributed by atoms with van der Waals surface area (Å²) >= 11 is 0. The molecule has 1 unspecified atom stereocenters. The summed E-state index contributed by atoms with van der Waals surface area (Å²) in [5.41, 5.74) is 0. The van der Waals surface area contributed by atoms with Gasteiger partial charge >= 0.3 is 5.97 Å². The number of hydrogen-bond donors (Lipinski definition) is 1. The Balaban J connectivity index is 2.28. The van der Waals surface area contributed by atoms with Gasteiger partial charge in [0.25, 0.3) is 0 Å². The molecule has 0 fully saturated rings. The lowest BCUT2D eigenvalue weighted by atomic mass is 10.2. The molecule has 0 aliphatic rings. The lowest BCUT2D eigenvalue weighted by Gasteiger charge is -2.09. The maximum Gasteiger partial charge on any atom is 0.309 e. The molecule has 0 saturated carbocycles. The normalized spacial score (nSPS) is 12.5. The van der Waals surface area contributed by atoms with Gasteiger partial charge in [-0.2, -0.15) is 0 Å². The van der Waals surface area contributed by atoms with Crippen LogP contribution in [0, 0.1) is 5.92 Å². The minimum atomic E-state index is -0.208. The highest BCUT2D eigenvalue weighted by molar-refractivity contribution is 5.71. The van der Waals surface area contributed by atoms with E-state index in [0.717, 1.165) is 5.82 Å². The van der Waals surface area contributed by atoms with E-state index in [-0.39, 0.29) is 11.9 Å². The average Bonchev–Trinajstić information content (AvgIpc) is 2.63. The number of aromatic nitrogens is 3. The van der Waals surface area contributed by atoms with Crippen molar-refractivity contribution in [1.82, 2.24) is 20.1 Å². The highest BCUT2D eigenvalue weighted by Crippen LogP contribution is 1.96.